The van der Waals surface area contributed by atoms with E-state index in [1.165, 1.54) is 11.8 Å². The summed E-state index contributed by atoms with van der Waals surface area (Å²) < 4.78 is 1.13. The number of nitrogens with zero attached hydrogens (tertiary/aromatic N) is 4. The van der Waals surface area contributed by atoms with E-state index in [-0.39, 0.29) is 11.9 Å². The zero-order valence-corrected chi connectivity index (χ0v) is 12.4. The fraction of sp³-hybridized carbons (Fsp3) is 0.0667. The average molecular weight is 311 g/mol. The van der Waals surface area contributed by atoms with E-state index in [2.05, 4.69) is 15.1 Å². The van der Waals surface area contributed by atoms with Gasteiger partial charge in [-0.25, -0.2) is 0 Å². The second-order valence-electron chi connectivity index (χ2n) is 4.49. The van der Waals surface area contributed by atoms with Crippen LogP contribution in [-0.2, 0) is 5.75 Å². The zero-order valence-electron chi connectivity index (χ0n) is 11.6. The summed E-state index contributed by atoms with van der Waals surface area (Å²) in [6, 6.07) is 12.7. The Bertz CT molecular complexity index is 773. The van der Waals surface area contributed by atoms with Gasteiger partial charge in [0.1, 0.15) is 0 Å². The molecule has 0 amide bonds. The van der Waals surface area contributed by atoms with Gasteiger partial charge >= 0.3 is 0 Å². The molecule has 3 aromatic rings. The van der Waals surface area contributed by atoms with Crippen LogP contribution in [0.15, 0.2) is 60.0 Å². The first kappa shape index (κ1) is 14.3. The molecule has 0 fully saturated rings. The van der Waals surface area contributed by atoms with Crippen LogP contribution in [0, 0.1) is 0 Å². The van der Waals surface area contributed by atoms with Crippen molar-refractivity contribution in [2.45, 2.75) is 10.9 Å². The molecule has 0 unspecified atom stereocenters. The van der Waals surface area contributed by atoms with Crippen LogP contribution in [-0.4, -0.2) is 25.7 Å². The second-order valence-corrected chi connectivity index (χ2v) is 5.43. The normalized spacial score (nSPS) is 10.5. The first-order valence-corrected chi connectivity index (χ1v) is 7.56. The third-order valence-corrected chi connectivity index (χ3v) is 3.83. The van der Waals surface area contributed by atoms with Crippen LogP contribution in [0.3, 0.4) is 0 Å². The van der Waals surface area contributed by atoms with Gasteiger partial charge in [-0.1, -0.05) is 36.0 Å². The van der Waals surface area contributed by atoms with Crippen molar-refractivity contribution in [1.29, 1.82) is 0 Å². The van der Waals surface area contributed by atoms with Crippen molar-refractivity contribution >= 4 is 23.6 Å². The van der Waals surface area contributed by atoms with Crippen LogP contribution >= 0.6 is 11.8 Å². The van der Waals surface area contributed by atoms with Crippen LogP contribution in [0.4, 0.5) is 5.95 Å². The summed E-state index contributed by atoms with van der Waals surface area (Å²) in [5, 5.41) is 4.64. The molecule has 0 radical (unpaired) electrons. The Balaban J connectivity index is 1.75. The topological polar surface area (TPSA) is 86.7 Å². The molecule has 2 heterocycles. The van der Waals surface area contributed by atoms with Crippen molar-refractivity contribution in [2.24, 2.45) is 0 Å². The number of aromatic nitrogens is 4. The van der Waals surface area contributed by atoms with Gasteiger partial charge in [-0.2, -0.15) is 9.67 Å². The lowest BCUT2D eigenvalue weighted by Crippen LogP contribution is -2.16. The third kappa shape index (κ3) is 3.15. The highest BCUT2D eigenvalue weighted by Crippen LogP contribution is 2.20. The number of pyridine rings is 1. The molecule has 0 saturated heterocycles. The number of nitrogens with two attached hydrogens (primary N) is 1. The highest BCUT2D eigenvalue weighted by Gasteiger charge is 2.15. The molecule has 0 bridgehead atoms. The standard InChI is InChI=1S/C15H13N5OS/c16-14-18-15(22-10-11-5-4-8-17-9-11)19-20(14)13(21)12-6-2-1-3-7-12/h1-9H,10H2,(H2,16,18,19). The molecular weight excluding hydrogens is 298 g/mol. The van der Waals surface area contributed by atoms with Gasteiger partial charge in [0.15, 0.2) is 0 Å². The number of rotatable bonds is 4. The predicted octanol–water partition coefficient (Wildman–Crippen LogP) is 2.24. The van der Waals surface area contributed by atoms with Gasteiger partial charge in [0.2, 0.25) is 11.1 Å². The fourth-order valence-electron chi connectivity index (χ4n) is 1.85. The molecule has 0 saturated carbocycles. The molecule has 0 aliphatic heterocycles. The van der Waals surface area contributed by atoms with E-state index in [1.807, 2.05) is 18.2 Å². The Hall–Kier alpha value is -2.67. The fourth-order valence-corrected chi connectivity index (χ4v) is 2.61. The third-order valence-electron chi connectivity index (χ3n) is 2.92. The number of benzene rings is 1. The SMILES string of the molecule is Nc1nc(SCc2cccnc2)nn1C(=O)c1ccccc1. The number of hydrogen-bond acceptors (Lipinski definition) is 6. The van der Waals surface area contributed by atoms with Crippen molar-refractivity contribution in [2.75, 3.05) is 5.73 Å². The number of hydrogen-bond donors (Lipinski definition) is 1. The molecule has 1 aromatic carbocycles. The maximum absolute atomic E-state index is 12.3. The van der Waals surface area contributed by atoms with Crippen LogP contribution in [0.5, 0.6) is 0 Å². The highest BCUT2D eigenvalue weighted by atomic mass is 32.2. The smallest absolute Gasteiger partial charge is 0.281 e. The molecule has 22 heavy (non-hydrogen) atoms. The van der Waals surface area contributed by atoms with Crippen molar-refractivity contribution in [3.05, 3.63) is 66.0 Å². The van der Waals surface area contributed by atoms with E-state index >= 15 is 0 Å². The number of carbonyl (C=O) groups excluding carboxylic acids is 1. The van der Waals surface area contributed by atoms with Crippen LogP contribution in [0.25, 0.3) is 0 Å². The molecule has 7 heteroatoms. The molecule has 0 aliphatic rings. The van der Waals surface area contributed by atoms with Crippen LogP contribution in [0.1, 0.15) is 15.9 Å². The van der Waals surface area contributed by atoms with Gasteiger partial charge in [-0.3, -0.25) is 9.78 Å². The van der Waals surface area contributed by atoms with Gasteiger partial charge in [0, 0.05) is 23.7 Å². The number of nitrogen functional groups attached to an aromatic ring is 1. The van der Waals surface area contributed by atoms with E-state index < -0.39 is 0 Å². The molecule has 0 aliphatic carbocycles. The maximum Gasteiger partial charge on any atom is 0.281 e. The number of thioether (sulfide) groups is 1. The molecular formula is C15H13N5OS. The summed E-state index contributed by atoms with van der Waals surface area (Å²) in [6.45, 7) is 0. The van der Waals surface area contributed by atoms with Gasteiger partial charge in [0.25, 0.3) is 5.91 Å². The largest absolute Gasteiger partial charge is 0.368 e. The molecule has 3 rings (SSSR count). The van der Waals surface area contributed by atoms with Crippen LogP contribution < -0.4 is 5.73 Å². The minimum atomic E-state index is -0.293. The van der Waals surface area contributed by atoms with Gasteiger partial charge < -0.3 is 5.73 Å². The van der Waals surface area contributed by atoms with E-state index in [1.54, 1.807) is 36.7 Å². The lowest BCUT2D eigenvalue weighted by Gasteiger charge is -2.00. The lowest BCUT2D eigenvalue weighted by atomic mass is 10.2. The quantitative estimate of drug-likeness (QED) is 0.744. The summed E-state index contributed by atoms with van der Waals surface area (Å²) in [4.78, 5) is 20.5. The van der Waals surface area contributed by atoms with Crippen molar-refractivity contribution in [3.8, 4) is 0 Å². The van der Waals surface area contributed by atoms with Gasteiger partial charge in [-0.15, -0.1) is 5.10 Å². The van der Waals surface area contributed by atoms with E-state index in [0.29, 0.717) is 16.5 Å². The molecule has 2 aromatic heterocycles. The summed E-state index contributed by atoms with van der Waals surface area (Å²) in [6.07, 6.45) is 3.50. The first-order chi connectivity index (χ1) is 10.7. The average Bonchev–Trinajstić information content (AvgIpc) is 2.95. The monoisotopic (exact) mass is 311 g/mol. The minimum absolute atomic E-state index is 0.0857. The summed E-state index contributed by atoms with van der Waals surface area (Å²) in [7, 11) is 0. The van der Waals surface area contributed by atoms with Crippen LogP contribution in [0.2, 0.25) is 0 Å². The Labute approximate surface area is 131 Å². The molecule has 0 spiro atoms. The zero-order chi connectivity index (χ0) is 15.4. The summed E-state index contributed by atoms with van der Waals surface area (Å²) in [5.74, 6) is 0.456. The van der Waals surface area contributed by atoms with E-state index in [9.17, 15) is 4.79 Å². The number of anilines is 1. The lowest BCUT2D eigenvalue weighted by molar-refractivity contribution is 0.0946. The van der Waals surface area contributed by atoms with E-state index in [0.717, 1.165) is 10.2 Å². The predicted molar refractivity (Wildman–Crippen MR) is 84.4 cm³/mol. The van der Waals surface area contributed by atoms with Crippen molar-refractivity contribution < 1.29 is 4.79 Å². The van der Waals surface area contributed by atoms with E-state index in [4.69, 9.17) is 5.73 Å². The Morgan fingerprint density at radius 3 is 2.73 bits per heavy atom. The van der Waals surface area contributed by atoms with Gasteiger partial charge in [-0.05, 0) is 23.8 Å². The Kier molecular flexibility index (Phi) is 4.15. The maximum atomic E-state index is 12.3. The summed E-state index contributed by atoms with van der Waals surface area (Å²) >= 11 is 1.41. The highest BCUT2D eigenvalue weighted by molar-refractivity contribution is 7.98. The Morgan fingerprint density at radius 2 is 2.00 bits per heavy atom. The second kappa shape index (κ2) is 6.40. The molecule has 2 N–H and O–H groups in total. The van der Waals surface area contributed by atoms with Gasteiger partial charge in [0.05, 0.1) is 0 Å². The Morgan fingerprint density at radius 1 is 1.18 bits per heavy atom. The summed E-state index contributed by atoms with van der Waals surface area (Å²) in [5.41, 5.74) is 7.36. The van der Waals surface area contributed by atoms with Crippen molar-refractivity contribution in [1.82, 2.24) is 19.7 Å². The molecule has 0 atom stereocenters. The molecule has 6 nitrogen and oxygen atoms in total. The first-order valence-electron chi connectivity index (χ1n) is 6.58. The van der Waals surface area contributed by atoms with Crippen molar-refractivity contribution in [3.63, 3.8) is 0 Å². The minimum Gasteiger partial charge on any atom is -0.368 e. The molecule has 110 valence electrons. The number of carbonyl (C=O) groups is 1.